The molecule has 4 aliphatic rings. The van der Waals surface area contributed by atoms with Gasteiger partial charge in [-0.15, -0.1) is 0 Å². The lowest BCUT2D eigenvalue weighted by molar-refractivity contribution is -0.0452. The molecule has 5 atom stereocenters. The molecule has 2 aliphatic heterocycles. The second-order valence-corrected chi connectivity index (χ2v) is 9.52. The molecule has 1 fully saturated rings. The summed E-state index contributed by atoms with van der Waals surface area (Å²) < 4.78 is 6.33. The Hall–Kier alpha value is -2.89. The van der Waals surface area contributed by atoms with E-state index >= 15 is 0 Å². The molecule has 31 heavy (non-hydrogen) atoms. The van der Waals surface area contributed by atoms with Gasteiger partial charge in [0, 0.05) is 40.1 Å². The number of phenolic OH excluding ortho intramolecular Hbond substituents is 1. The van der Waals surface area contributed by atoms with Crippen LogP contribution in [0, 0.1) is 5.92 Å². The number of para-hydroxylation sites is 1. The number of ether oxygens (including phenoxy) is 1. The second kappa shape index (κ2) is 5.87. The van der Waals surface area contributed by atoms with Crippen LogP contribution in [0.3, 0.4) is 0 Å². The van der Waals surface area contributed by atoms with E-state index in [1.54, 1.807) is 0 Å². The summed E-state index contributed by atoms with van der Waals surface area (Å²) in [5.74, 6) is 1.01. The molecular weight excluding hydrogens is 388 g/mol. The number of benzene rings is 2. The third-order valence-electron chi connectivity index (χ3n) is 8.18. The number of phenols is 1. The maximum absolute atomic E-state index is 11.0. The van der Waals surface area contributed by atoms with Crippen molar-refractivity contribution >= 4 is 10.9 Å². The van der Waals surface area contributed by atoms with Gasteiger partial charge < -0.3 is 19.8 Å². The Labute approximate surface area is 180 Å². The van der Waals surface area contributed by atoms with Crippen LogP contribution in [0.15, 0.2) is 54.7 Å². The monoisotopic (exact) mass is 412 g/mol. The number of likely N-dealkylation sites (tertiary alicyclic amines) is 1. The number of aliphatic hydroxyl groups is 1. The predicted octanol–water partition coefficient (Wildman–Crippen LogP) is 3.41. The average Bonchev–Trinajstić information content (AvgIpc) is 3.14. The first-order chi connectivity index (χ1) is 15.1. The van der Waals surface area contributed by atoms with Crippen molar-refractivity contribution in [2.75, 3.05) is 13.6 Å². The molecule has 2 aliphatic carbocycles. The number of aromatic nitrogens is 1. The highest BCUT2D eigenvalue weighted by atomic mass is 16.5. The number of aromatic hydroxyl groups is 1. The van der Waals surface area contributed by atoms with Crippen LogP contribution in [-0.2, 0) is 11.8 Å². The van der Waals surface area contributed by atoms with Crippen LogP contribution in [0.4, 0.5) is 0 Å². The zero-order valence-electron chi connectivity index (χ0n) is 17.3. The minimum absolute atomic E-state index is 0.161. The van der Waals surface area contributed by atoms with Gasteiger partial charge in [0.15, 0.2) is 11.5 Å². The van der Waals surface area contributed by atoms with E-state index in [1.165, 1.54) is 5.56 Å². The van der Waals surface area contributed by atoms with E-state index in [2.05, 4.69) is 35.1 Å². The summed E-state index contributed by atoms with van der Waals surface area (Å²) in [5, 5.41) is 23.0. The van der Waals surface area contributed by atoms with Crippen LogP contribution in [0.2, 0.25) is 0 Å². The fourth-order valence-electron chi connectivity index (χ4n) is 6.80. The molecule has 7 rings (SSSR count). The first kappa shape index (κ1) is 17.8. The number of pyridine rings is 1. The number of hydrogen-bond donors (Lipinski definition) is 2. The smallest absolute Gasteiger partial charge is 0.165 e. The third kappa shape index (κ3) is 2.11. The number of fused-ring (bicyclic) bond motifs is 1. The molecular formula is C26H24N2O3. The van der Waals surface area contributed by atoms with E-state index in [-0.39, 0.29) is 23.2 Å². The highest BCUT2D eigenvalue weighted by Crippen LogP contribution is 2.63. The minimum atomic E-state index is -0.663. The summed E-state index contributed by atoms with van der Waals surface area (Å²) in [5.41, 5.74) is 5.08. The lowest BCUT2D eigenvalue weighted by Crippen LogP contribution is -2.64. The molecule has 156 valence electrons. The van der Waals surface area contributed by atoms with E-state index in [9.17, 15) is 10.2 Å². The topological polar surface area (TPSA) is 65.8 Å². The lowest BCUT2D eigenvalue weighted by Gasteiger charge is -2.56. The first-order valence-corrected chi connectivity index (χ1v) is 11.1. The standard InChI is InChI=1S/C26H24N2O3/c1-28-9-8-26-18-6-7-21(29)25(26)31-24-22(30)12-16(17(23(24)26)11-20(18)28)15-10-14-4-2-3-5-19(14)27-13-15/h2-7,10,12-13,18,20-21,25,29-30H,8-9,11H2,1H3/t18-,20+,21-,25-,26-/m0/s1. The van der Waals surface area contributed by atoms with Crippen LogP contribution in [-0.4, -0.2) is 51.9 Å². The summed E-state index contributed by atoms with van der Waals surface area (Å²) in [6.07, 6.45) is 6.80. The Bertz CT molecular complexity index is 1290. The molecule has 0 unspecified atom stereocenters. The van der Waals surface area contributed by atoms with Gasteiger partial charge in [0.2, 0.25) is 0 Å². The number of rotatable bonds is 1. The van der Waals surface area contributed by atoms with Gasteiger partial charge >= 0.3 is 0 Å². The summed E-state index contributed by atoms with van der Waals surface area (Å²) in [6.45, 7) is 0.961. The maximum atomic E-state index is 11.0. The van der Waals surface area contributed by atoms with Crippen molar-refractivity contribution in [3.63, 3.8) is 0 Å². The Kier molecular flexibility index (Phi) is 3.36. The molecule has 1 aromatic heterocycles. The number of piperidine rings is 1. The molecule has 2 N–H and O–H groups in total. The molecule has 2 bridgehead atoms. The van der Waals surface area contributed by atoms with E-state index in [0.717, 1.165) is 47.0 Å². The molecule has 3 aromatic rings. The van der Waals surface area contributed by atoms with Crippen molar-refractivity contribution in [1.29, 1.82) is 0 Å². The number of nitrogens with zero attached hydrogens (tertiary/aromatic N) is 2. The molecule has 2 aromatic carbocycles. The molecule has 5 nitrogen and oxygen atoms in total. The Morgan fingerprint density at radius 2 is 2.06 bits per heavy atom. The van der Waals surface area contributed by atoms with Gasteiger partial charge in [0.05, 0.1) is 5.52 Å². The molecule has 5 heteroatoms. The Balaban J connectivity index is 1.52. The van der Waals surface area contributed by atoms with Crippen LogP contribution < -0.4 is 4.74 Å². The van der Waals surface area contributed by atoms with Gasteiger partial charge in [-0.1, -0.05) is 30.4 Å². The fraction of sp³-hybridized carbons (Fsp3) is 0.346. The van der Waals surface area contributed by atoms with E-state index in [4.69, 9.17) is 4.74 Å². The first-order valence-electron chi connectivity index (χ1n) is 11.1. The van der Waals surface area contributed by atoms with Crippen LogP contribution >= 0.6 is 0 Å². The number of likely N-dealkylation sites (N-methyl/N-ethyl adjacent to an activating group) is 1. The minimum Gasteiger partial charge on any atom is -0.504 e. The summed E-state index contributed by atoms with van der Waals surface area (Å²) in [7, 11) is 2.20. The van der Waals surface area contributed by atoms with Crippen LogP contribution in [0.5, 0.6) is 11.5 Å². The zero-order chi connectivity index (χ0) is 20.9. The van der Waals surface area contributed by atoms with E-state index in [0.29, 0.717) is 11.8 Å². The normalized spacial score (nSPS) is 32.7. The average molecular weight is 412 g/mol. The maximum Gasteiger partial charge on any atom is 0.165 e. The molecule has 3 heterocycles. The van der Waals surface area contributed by atoms with Crippen LogP contribution in [0.1, 0.15) is 17.5 Å². The van der Waals surface area contributed by atoms with Crippen molar-refractivity contribution in [3.8, 4) is 22.6 Å². The van der Waals surface area contributed by atoms with Gasteiger partial charge in [-0.05, 0) is 55.8 Å². The fourth-order valence-corrected chi connectivity index (χ4v) is 6.80. The largest absolute Gasteiger partial charge is 0.504 e. The van der Waals surface area contributed by atoms with Gasteiger partial charge in [-0.25, -0.2) is 0 Å². The molecule has 1 spiro atoms. The van der Waals surface area contributed by atoms with E-state index < -0.39 is 6.10 Å². The van der Waals surface area contributed by atoms with Crippen molar-refractivity contribution in [2.24, 2.45) is 5.92 Å². The molecule has 0 saturated carbocycles. The van der Waals surface area contributed by atoms with Gasteiger partial charge in [0.1, 0.15) is 12.2 Å². The highest BCUT2D eigenvalue weighted by Gasteiger charge is 2.64. The predicted molar refractivity (Wildman–Crippen MR) is 118 cm³/mol. The number of aliphatic hydroxyl groups excluding tert-OH is 1. The van der Waals surface area contributed by atoms with Crippen molar-refractivity contribution in [3.05, 3.63) is 65.9 Å². The van der Waals surface area contributed by atoms with Crippen LogP contribution in [0.25, 0.3) is 22.0 Å². The van der Waals surface area contributed by atoms with Crippen molar-refractivity contribution in [1.82, 2.24) is 9.88 Å². The van der Waals surface area contributed by atoms with Crippen molar-refractivity contribution in [2.45, 2.75) is 36.5 Å². The molecule has 1 saturated heterocycles. The van der Waals surface area contributed by atoms with Gasteiger partial charge in [-0.2, -0.15) is 0 Å². The number of hydrogen-bond acceptors (Lipinski definition) is 5. The quantitative estimate of drug-likeness (QED) is 0.600. The summed E-state index contributed by atoms with van der Waals surface area (Å²) >= 11 is 0. The molecule has 0 amide bonds. The summed E-state index contributed by atoms with van der Waals surface area (Å²) in [4.78, 5) is 7.12. The Morgan fingerprint density at radius 3 is 2.97 bits per heavy atom. The highest BCUT2D eigenvalue weighted by molar-refractivity contribution is 5.86. The SMILES string of the molecule is CN1CC[C@]23c4c5c(-c6cnc7ccccc7c6)cc(O)c4O[C@H]2[C@@H](O)C=C[C@H]3[C@H]1C5. The van der Waals surface area contributed by atoms with Crippen molar-refractivity contribution < 1.29 is 14.9 Å². The lowest BCUT2D eigenvalue weighted by atomic mass is 9.53. The summed E-state index contributed by atoms with van der Waals surface area (Å²) in [6, 6.07) is 12.4. The van der Waals surface area contributed by atoms with Gasteiger partial charge in [0.25, 0.3) is 0 Å². The van der Waals surface area contributed by atoms with E-state index in [1.807, 2.05) is 36.5 Å². The second-order valence-electron chi connectivity index (χ2n) is 9.52. The Morgan fingerprint density at radius 1 is 1.19 bits per heavy atom. The zero-order valence-corrected chi connectivity index (χ0v) is 17.3. The van der Waals surface area contributed by atoms with Gasteiger partial charge in [-0.3, -0.25) is 4.98 Å². The third-order valence-corrected chi connectivity index (χ3v) is 8.18. The molecule has 0 radical (unpaired) electrons.